The van der Waals surface area contributed by atoms with Crippen LogP contribution in [0.4, 0.5) is 13.2 Å². The van der Waals surface area contributed by atoms with Gasteiger partial charge in [0.15, 0.2) is 0 Å². The summed E-state index contributed by atoms with van der Waals surface area (Å²) >= 11 is 0. The molecule has 14 heteroatoms. The Morgan fingerprint density at radius 3 is 2.20 bits per heavy atom. The maximum atomic E-state index is 13.8. The summed E-state index contributed by atoms with van der Waals surface area (Å²) in [5.41, 5.74) is -1.10. The van der Waals surface area contributed by atoms with Crippen molar-refractivity contribution in [3.05, 3.63) is 35.9 Å². The van der Waals surface area contributed by atoms with Crippen molar-refractivity contribution in [2.45, 2.75) is 90.4 Å². The average Bonchev–Trinajstić information content (AvgIpc) is 3.54. The summed E-state index contributed by atoms with van der Waals surface area (Å²) in [6.45, 7) is 8.06. The van der Waals surface area contributed by atoms with E-state index in [4.69, 9.17) is 4.74 Å². The number of nitrogens with zero attached hydrogens (tertiary/aromatic N) is 1. The first-order chi connectivity index (χ1) is 20.4. The van der Waals surface area contributed by atoms with Crippen molar-refractivity contribution in [3.8, 4) is 0 Å². The predicted octanol–water partition coefficient (Wildman–Crippen LogP) is 1.94. The molecule has 242 valence electrons. The lowest BCUT2D eigenvalue weighted by molar-refractivity contribution is -0.176. The van der Waals surface area contributed by atoms with Crippen LogP contribution in [0.5, 0.6) is 0 Å². The van der Waals surface area contributed by atoms with Crippen LogP contribution in [-0.2, 0) is 28.7 Å². The van der Waals surface area contributed by atoms with Crippen molar-refractivity contribution in [3.63, 3.8) is 0 Å². The van der Waals surface area contributed by atoms with E-state index < -0.39 is 71.0 Å². The van der Waals surface area contributed by atoms with Crippen LogP contribution < -0.4 is 16.0 Å². The summed E-state index contributed by atoms with van der Waals surface area (Å²) in [5.74, 6) is -6.92. The van der Waals surface area contributed by atoms with E-state index in [-0.39, 0.29) is 37.0 Å². The van der Waals surface area contributed by atoms with Crippen LogP contribution in [-0.4, -0.2) is 89.7 Å². The van der Waals surface area contributed by atoms with Crippen LogP contribution in [0.3, 0.4) is 0 Å². The number of nitrogens with one attached hydrogen (secondary N) is 3. The van der Waals surface area contributed by atoms with Gasteiger partial charge in [0, 0.05) is 31.0 Å². The van der Waals surface area contributed by atoms with Crippen molar-refractivity contribution in [1.82, 2.24) is 20.9 Å². The second-order valence-corrected chi connectivity index (χ2v) is 12.5. The summed E-state index contributed by atoms with van der Waals surface area (Å²) < 4.78 is 45.3. The molecule has 0 bridgehead atoms. The van der Waals surface area contributed by atoms with Gasteiger partial charge in [-0.1, -0.05) is 51.1 Å². The number of rotatable bonds is 11. The molecule has 0 radical (unpaired) electrons. The minimum Gasteiger partial charge on any atom is -0.374 e. The smallest absolute Gasteiger partial charge is 0.374 e. The van der Waals surface area contributed by atoms with Gasteiger partial charge in [-0.3, -0.25) is 28.8 Å². The first-order valence-corrected chi connectivity index (χ1v) is 14.5. The number of ketones is 2. The second kappa shape index (κ2) is 13.9. The fraction of sp³-hybridized carbons (Fsp3) is 0.600. The van der Waals surface area contributed by atoms with Crippen LogP contribution >= 0.6 is 0 Å². The SMILES string of the molecule is CC(C)O[C@@H]1C[C@@H](C(=O)NC(CC2CCNC2=O)C(=O)C(=O)c2ccccc2)N(C(=O)[C@@H](NC(=O)C(F)(F)F)C(C)(C)C)C1. The molecule has 0 aromatic heterocycles. The van der Waals surface area contributed by atoms with E-state index in [9.17, 15) is 41.9 Å². The molecule has 2 fully saturated rings. The van der Waals surface area contributed by atoms with Gasteiger partial charge in [0.05, 0.1) is 18.2 Å². The third kappa shape index (κ3) is 8.64. The summed E-state index contributed by atoms with van der Waals surface area (Å²) in [4.78, 5) is 79.2. The normalized spacial score (nSPS) is 21.9. The predicted molar refractivity (Wildman–Crippen MR) is 151 cm³/mol. The molecule has 44 heavy (non-hydrogen) atoms. The molecule has 2 aliphatic rings. The molecule has 11 nitrogen and oxygen atoms in total. The van der Waals surface area contributed by atoms with E-state index in [1.165, 1.54) is 32.9 Å². The number of hydrogen-bond acceptors (Lipinski definition) is 7. The Balaban J connectivity index is 1.92. The highest BCUT2D eigenvalue weighted by molar-refractivity contribution is 6.45. The molecule has 4 amide bonds. The number of likely N-dealkylation sites (tertiary alicyclic amines) is 1. The molecule has 1 aromatic carbocycles. The van der Waals surface area contributed by atoms with E-state index in [0.29, 0.717) is 13.0 Å². The molecule has 2 heterocycles. The molecule has 3 rings (SSSR count). The molecule has 0 aliphatic carbocycles. The van der Waals surface area contributed by atoms with Crippen molar-refractivity contribution in [1.29, 1.82) is 0 Å². The number of alkyl halides is 3. The standard InChI is InChI=1S/C30H39F3N4O7/c1-16(2)44-19-14-21(37(15-19)27(42)24(29(3,4)5)36-28(43)30(31,32)33)26(41)35-20(13-18-11-12-34-25(18)40)23(39)22(38)17-9-7-6-8-10-17/h6-10,16,18-21,24H,11-15H2,1-5H3,(H,34,40)(H,35,41)(H,36,43)/t18?,19-,20?,21+,24-/m1/s1. The second-order valence-electron chi connectivity index (χ2n) is 12.5. The third-order valence-corrected chi connectivity index (χ3v) is 7.53. The third-order valence-electron chi connectivity index (χ3n) is 7.53. The summed E-state index contributed by atoms with van der Waals surface area (Å²) in [7, 11) is 0. The van der Waals surface area contributed by atoms with Crippen LogP contribution in [0, 0.1) is 11.3 Å². The van der Waals surface area contributed by atoms with Crippen molar-refractivity contribution >= 4 is 35.2 Å². The molecule has 0 saturated carbocycles. The van der Waals surface area contributed by atoms with Crippen LogP contribution in [0.25, 0.3) is 0 Å². The number of hydrogen-bond donors (Lipinski definition) is 3. The van der Waals surface area contributed by atoms with Gasteiger partial charge in [-0.2, -0.15) is 13.2 Å². The Bertz CT molecular complexity index is 1260. The quantitative estimate of drug-likeness (QED) is 0.252. The average molecular weight is 625 g/mol. The number of halogens is 3. The largest absolute Gasteiger partial charge is 0.471 e. The lowest BCUT2D eigenvalue weighted by atomic mass is 9.85. The van der Waals surface area contributed by atoms with Crippen molar-refractivity contribution < 1.29 is 46.7 Å². The van der Waals surface area contributed by atoms with E-state index >= 15 is 0 Å². The van der Waals surface area contributed by atoms with Gasteiger partial charge in [-0.05, 0) is 32.1 Å². The number of carbonyl (C=O) groups is 6. The fourth-order valence-corrected chi connectivity index (χ4v) is 5.34. The first-order valence-electron chi connectivity index (χ1n) is 14.5. The maximum absolute atomic E-state index is 13.8. The van der Waals surface area contributed by atoms with Gasteiger partial charge in [0.1, 0.15) is 12.1 Å². The van der Waals surface area contributed by atoms with E-state index in [2.05, 4.69) is 10.6 Å². The van der Waals surface area contributed by atoms with Gasteiger partial charge >= 0.3 is 12.1 Å². The Morgan fingerprint density at radius 2 is 1.68 bits per heavy atom. The first kappa shape index (κ1) is 34.7. The van der Waals surface area contributed by atoms with Gasteiger partial charge in [-0.15, -0.1) is 0 Å². The summed E-state index contributed by atoms with van der Waals surface area (Å²) in [5, 5.41) is 6.97. The monoisotopic (exact) mass is 624 g/mol. The number of carbonyl (C=O) groups excluding carboxylic acids is 6. The highest BCUT2D eigenvalue weighted by Crippen LogP contribution is 2.29. The zero-order valence-electron chi connectivity index (χ0n) is 25.3. The maximum Gasteiger partial charge on any atom is 0.471 e. The minimum absolute atomic E-state index is 0.0582. The van der Waals surface area contributed by atoms with Crippen LogP contribution in [0.1, 0.15) is 64.2 Å². The Kier molecular flexibility index (Phi) is 10.9. The Morgan fingerprint density at radius 1 is 1.05 bits per heavy atom. The molecule has 2 saturated heterocycles. The molecule has 5 atom stereocenters. The van der Waals surface area contributed by atoms with Gasteiger partial charge in [0.2, 0.25) is 29.3 Å². The number of Topliss-reactive ketones (excluding diaryl/α,β-unsaturated/α-hetero) is 2. The van der Waals surface area contributed by atoms with Crippen molar-refractivity contribution in [2.24, 2.45) is 11.3 Å². The number of benzene rings is 1. The van der Waals surface area contributed by atoms with Crippen LogP contribution in [0.15, 0.2) is 30.3 Å². The topological polar surface area (TPSA) is 151 Å². The van der Waals surface area contributed by atoms with Crippen LogP contribution in [0.2, 0.25) is 0 Å². The zero-order valence-corrected chi connectivity index (χ0v) is 25.3. The van der Waals surface area contributed by atoms with Gasteiger partial charge < -0.3 is 25.6 Å². The summed E-state index contributed by atoms with van der Waals surface area (Å²) in [6, 6.07) is 3.28. The lowest BCUT2D eigenvalue weighted by Gasteiger charge is -2.35. The molecule has 1 aromatic rings. The molecule has 2 unspecified atom stereocenters. The molecular weight excluding hydrogens is 585 g/mol. The molecule has 3 N–H and O–H groups in total. The van der Waals surface area contributed by atoms with E-state index in [1.807, 2.05) is 0 Å². The number of ether oxygens (including phenoxy) is 1. The fourth-order valence-electron chi connectivity index (χ4n) is 5.34. The highest BCUT2D eigenvalue weighted by atomic mass is 19.4. The zero-order chi connectivity index (χ0) is 33.0. The summed E-state index contributed by atoms with van der Waals surface area (Å²) in [6.07, 6.45) is -6.11. The molecular formula is C30H39F3N4O7. The minimum atomic E-state index is -5.25. The Hall–Kier alpha value is -3.81. The van der Waals surface area contributed by atoms with E-state index in [1.54, 1.807) is 37.4 Å². The van der Waals surface area contributed by atoms with Gasteiger partial charge in [0.25, 0.3) is 0 Å². The molecule has 2 aliphatic heterocycles. The highest BCUT2D eigenvalue weighted by Gasteiger charge is 2.49. The number of amides is 4. The molecule has 0 spiro atoms. The van der Waals surface area contributed by atoms with Gasteiger partial charge in [-0.25, -0.2) is 0 Å². The lowest BCUT2D eigenvalue weighted by Crippen LogP contribution is -2.60. The van der Waals surface area contributed by atoms with Crippen molar-refractivity contribution in [2.75, 3.05) is 13.1 Å². The van der Waals surface area contributed by atoms with E-state index in [0.717, 1.165) is 4.90 Å². The Labute approximate surface area is 253 Å².